The number of aromatic nitrogens is 3. The molecule has 1 aromatic heterocycles. The lowest BCUT2D eigenvalue weighted by Crippen LogP contribution is -2.47. The number of carbonyl (C=O) groups is 1. The second-order valence-corrected chi connectivity index (χ2v) is 9.78. The first-order valence-corrected chi connectivity index (χ1v) is 12.3. The average molecular weight is 485 g/mol. The molecule has 0 aliphatic carbocycles. The van der Waals surface area contributed by atoms with E-state index in [9.17, 15) is 4.79 Å². The Morgan fingerprint density at radius 3 is 2.76 bits per heavy atom. The summed E-state index contributed by atoms with van der Waals surface area (Å²) in [5, 5.41) is 3.15. The van der Waals surface area contributed by atoms with E-state index in [1.54, 1.807) is 0 Å². The number of halogens is 1. The number of benzene rings is 2. The van der Waals surface area contributed by atoms with Crippen LogP contribution >= 0.6 is 23.4 Å². The van der Waals surface area contributed by atoms with Gasteiger partial charge in [-0.1, -0.05) is 41.6 Å². The molecular weight excluding hydrogens is 460 g/mol. The lowest BCUT2D eigenvalue weighted by atomic mass is 9.94. The number of nitrogens with zero attached hydrogens (tertiary/aromatic N) is 5. The first-order valence-electron chi connectivity index (χ1n) is 10.9. The molecule has 8 nitrogen and oxygen atoms in total. The zero-order valence-corrected chi connectivity index (χ0v) is 20.0. The van der Waals surface area contributed by atoms with Crippen molar-refractivity contribution < 1.29 is 9.53 Å². The van der Waals surface area contributed by atoms with E-state index in [0.29, 0.717) is 41.4 Å². The van der Waals surface area contributed by atoms with Crippen LogP contribution in [0.4, 0.5) is 5.95 Å². The molecule has 0 bridgehead atoms. The van der Waals surface area contributed by atoms with E-state index in [1.165, 1.54) is 11.8 Å². The van der Waals surface area contributed by atoms with E-state index in [-0.39, 0.29) is 11.9 Å². The third-order valence-corrected chi connectivity index (χ3v) is 7.20. The molecule has 1 fully saturated rings. The zero-order chi connectivity index (χ0) is 22.9. The van der Waals surface area contributed by atoms with Gasteiger partial charge in [0.25, 0.3) is 0 Å². The SMILES string of the molecule is CN1CCN(C(=O)CCSc2nc(N)nc(-c3c(Cl)cc4c5c(cccc35)COC4)n2)CC1. The van der Waals surface area contributed by atoms with Crippen molar-refractivity contribution in [1.29, 1.82) is 0 Å². The number of carbonyl (C=O) groups excluding carboxylic acids is 1. The Morgan fingerprint density at radius 2 is 1.94 bits per heavy atom. The fourth-order valence-corrected chi connectivity index (χ4v) is 5.42. The number of nitrogens with two attached hydrogens (primary N) is 1. The smallest absolute Gasteiger partial charge is 0.224 e. The van der Waals surface area contributed by atoms with Gasteiger partial charge in [0.2, 0.25) is 11.9 Å². The number of nitrogen functional groups attached to an aromatic ring is 1. The van der Waals surface area contributed by atoms with Crippen molar-refractivity contribution in [2.75, 3.05) is 44.7 Å². The van der Waals surface area contributed by atoms with Crippen LogP contribution in [-0.4, -0.2) is 69.6 Å². The summed E-state index contributed by atoms with van der Waals surface area (Å²) in [7, 11) is 2.07. The van der Waals surface area contributed by atoms with Gasteiger partial charge >= 0.3 is 0 Å². The number of thioether (sulfide) groups is 1. The molecule has 10 heteroatoms. The van der Waals surface area contributed by atoms with Crippen molar-refractivity contribution in [1.82, 2.24) is 24.8 Å². The van der Waals surface area contributed by atoms with Crippen LogP contribution in [0.5, 0.6) is 0 Å². The van der Waals surface area contributed by atoms with Gasteiger partial charge in [0.1, 0.15) is 0 Å². The molecule has 5 rings (SSSR count). The van der Waals surface area contributed by atoms with Crippen LogP contribution in [0.25, 0.3) is 22.2 Å². The number of hydrogen-bond donors (Lipinski definition) is 1. The largest absolute Gasteiger partial charge is 0.372 e. The molecule has 1 saturated heterocycles. The van der Waals surface area contributed by atoms with Gasteiger partial charge in [0, 0.05) is 43.9 Å². The number of amides is 1. The summed E-state index contributed by atoms with van der Waals surface area (Å²) in [5.41, 5.74) is 8.94. The Balaban J connectivity index is 1.38. The highest BCUT2D eigenvalue weighted by Gasteiger charge is 2.22. The summed E-state index contributed by atoms with van der Waals surface area (Å²) in [6, 6.07) is 7.99. The molecule has 2 N–H and O–H groups in total. The minimum absolute atomic E-state index is 0.132. The van der Waals surface area contributed by atoms with E-state index in [1.807, 2.05) is 23.1 Å². The van der Waals surface area contributed by atoms with Gasteiger partial charge in [0.15, 0.2) is 11.0 Å². The summed E-state index contributed by atoms with van der Waals surface area (Å²) in [4.78, 5) is 30.0. The number of likely N-dealkylation sites (N-methyl/N-ethyl adjacent to an activating group) is 1. The number of hydrogen-bond acceptors (Lipinski definition) is 8. The molecule has 2 aromatic carbocycles. The maximum absolute atomic E-state index is 12.5. The lowest BCUT2D eigenvalue weighted by Gasteiger charge is -2.32. The molecule has 3 aromatic rings. The molecule has 0 unspecified atom stereocenters. The van der Waals surface area contributed by atoms with Gasteiger partial charge in [-0.3, -0.25) is 4.79 Å². The fourth-order valence-electron chi connectivity index (χ4n) is 4.34. The van der Waals surface area contributed by atoms with Crippen molar-refractivity contribution in [3.8, 4) is 11.4 Å². The molecule has 2 aliphatic heterocycles. The maximum Gasteiger partial charge on any atom is 0.224 e. The second kappa shape index (κ2) is 9.42. The molecular formula is C23H25ClN6O2S. The third kappa shape index (κ3) is 4.63. The maximum atomic E-state index is 12.5. The molecule has 0 radical (unpaired) electrons. The average Bonchev–Trinajstić information content (AvgIpc) is 2.79. The highest BCUT2D eigenvalue weighted by molar-refractivity contribution is 7.99. The van der Waals surface area contributed by atoms with Gasteiger partial charge in [-0.15, -0.1) is 0 Å². The Hall–Kier alpha value is -2.46. The first-order chi connectivity index (χ1) is 16.0. The predicted octanol–water partition coefficient (Wildman–Crippen LogP) is 3.21. The third-order valence-electron chi connectivity index (χ3n) is 6.05. The molecule has 1 amide bonds. The quantitative estimate of drug-likeness (QED) is 0.551. The van der Waals surface area contributed by atoms with Crippen LogP contribution in [0.15, 0.2) is 29.4 Å². The monoisotopic (exact) mass is 484 g/mol. The Bertz CT molecular complexity index is 1220. The van der Waals surface area contributed by atoms with Gasteiger partial charge in [0.05, 0.1) is 18.2 Å². The number of piperazine rings is 1. The molecule has 0 atom stereocenters. The molecule has 3 heterocycles. The van der Waals surface area contributed by atoms with Gasteiger partial charge in [-0.05, 0) is 35.0 Å². The van der Waals surface area contributed by atoms with Crippen LogP contribution < -0.4 is 5.73 Å². The highest BCUT2D eigenvalue weighted by atomic mass is 35.5. The van der Waals surface area contributed by atoms with Crippen LogP contribution in [0, 0.1) is 0 Å². The fraction of sp³-hybridized carbons (Fsp3) is 0.391. The standard InChI is InChI=1S/C23H25ClN6O2S/c1-29-6-8-30(9-7-29)18(31)5-10-33-23-27-21(26-22(25)28-23)20-16-4-2-3-14-12-32-13-15(19(14)16)11-17(20)24/h2-4,11H,5-10,12-13H2,1H3,(H2,25,26,27,28). The Kier molecular flexibility index (Phi) is 6.38. The number of anilines is 1. The number of ether oxygens (including phenoxy) is 1. The molecule has 2 aliphatic rings. The summed E-state index contributed by atoms with van der Waals surface area (Å²) < 4.78 is 5.68. The van der Waals surface area contributed by atoms with Gasteiger partial charge in [-0.25, -0.2) is 4.98 Å². The molecule has 172 valence electrons. The van der Waals surface area contributed by atoms with Crippen molar-refractivity contribution in [2.24, 2.45) is 0 Å². The van der Waals surface area contributed by atoms with E-state index < -0.39 is 0 Å². The normalized spacial score (nSPS) is 16.4. The minimum Gasteiger partial charge on any atom is -0.372 e. The van der Waals surface area contributed by atoms with Crippen LogP contribution in [-0.2, 0) is 22.7 Å². The van der Waals surface area contributed by atoms with E-state index in [2.05, 4.69) is 33.0 Å². The minimum atomic E-state index is 0.132. The Morgan fingerprint density at radius 1 is 1.15 bits per heavy atom. The lowest BCUT2D eigenvalue weighted by molar-refractivity contribution is -0.132. The highest BCUT2D eigenvalue weighted by Crippen LogP contribution is 2.39. The molecule has 0 spiro atoms. The Labute approximate surface area is 201 Å². The van der Waals surface area contributed by atoms with E-state index in [4.69, 9.17) is 22.1 Å². The topological polar surface area (TPSA) is 97.5 Å². The van der Waals surface area contributed by atoms with Crippen molar-refractivity contribution in [3.05, 3.63) is 40.4 Å². The zero-order valence-electron chi connectivity index (χ0n) is 18.4. The summed E-state index contributed by atoms with van der Waals surface area (Å²) in [6.07, 6.45) is 0.428. The first kappa shape index (κ1) is 22.3. The van der Waals surface area contributed by atoms with Crippen LogP contribution in [0.1, 0.15) is 17.5 Å². The summed E-state index contributed by atoms with van der Waals surface area (Å²) in [5.74, 6) is 1.30. The van der Waals surface area contributed by atoms with Gasteiger partial charge in [-0.2, -0.15) is 9.97 Å². The summed E-state index contributed by atoms with van der Waals surface area (Å²) >= 11 is 8.09. The van der Waals surface area contributed by atoms with Crippen LogP contribution in [0.3, 0.4) is 0 Å². The van der Waals surface area contributed by atoms with E-state index >= 15 is 0 Å². The van der Waals surface area contributed by atoms with Crippen LogP contribution in [0.2, 0.25) is 5.02 Å². The molecule has 33 heavy (non-hydrogen) atoms. The molecule has 0 saturated carbocycles. The summed E-state index contributed by atoms with van der Waals surface area (Å²) in [6.45, 7) is 4.46. The predicted molar refractivity (Wildman–Crippen MR) is 130 cm³/mol. The number of rotatable bonds is 5. The van der Waals surface area contributed by atoms with E-state index in [0.717, 1.165) is 53.6 Å². The van der Waals surface area contributed by atoms with Crippen molar-refractivity contribution >= 4 is 46.0 Å². The second-order valence-electron chi connectivity index (χ2n) is 8.31. The van der Waals surface area contributed by atoms with Crippen molar-refractivity contribution in [3.63, 3.8) is 0 Å². The van der Waals surface area contributed by atoms with Crippen molar-refractivity contribution in [2.45, 2.75) is 24.8 Å². The van der Waals surface area contributed by atoms with Gasteiger partial charge < -0.3 is 20.3 Å².